The van der Waals surface area contributed by atoms with Gasteiger partial charge in [-0.1, -0.05) is 6.92 Å². The van der Waals surface area contributed by atoms with Crippen LogP contribution in [0.2, 0.25) is 0 Å². The van der Waals surface area contributed by atoms with Gasteiger partial charge in [0.05, 0.1) is 12.7 Å². The van der Waals surface area contributed by atoms with Crippen molar-refractivity contribution in [3.63, 3.8) is 0 Å². The van der Waals surface area contributed by atoms with Crippen molar-refractivity contribution in [2.24, 2.45) is 11.0 Å². The van der Waals surface area contributed by atoms with E-state index in [-0.39, 0.29) is 11.2 Å². The number of nitrogens with zero attached hydrogens (tertiary/aromatic N) is 5. The van der Waals surface area contributed by atoms with Crippen LogP contribution in [0.1, 0.15) is 13.2 Å². The second-order valence-corrected chi connectivity index (χ2v) is 5.07. The van der Waals surface area contributed by atoms with E-state index in [2.05, 4.69) is 25.0 Å². The normalized spacial score (nSPS) is 31.3. The minimum Gasteiger partial charge on any atom is -0.391 e. The van der Waals surface area contributed by atoms with Crippen LogP contribution in [-0.2, 0) is 4.74 Å². The lowest BCUT2D eigenvalue weighted by Gasteiger charge is -2.18. The number of aromatic nitrogens is 4. The molecule has 1 fully saturated rings. The highest BCUT2D eigenvalue weighted by atomic mass is 16.6. The minimum absolute atomic E-state index is 0.136. The average Bonchev–Trinajstić information content (AvgIpc) is 3.04. The minimum atomic E-state index is -1.72. The average molecular weight is 308 g/mol. The van der Waals surface area contributed by atoms with Crippen LogP contribution in [-0.4, -0.2) is 48.2 Å². The molecule has 0 saturated carbocycles. The molecule has 11 nitrogen and oxygen atoms in total. The van der Waals surface area contributed by atoms with E-state index in [9.17, 15) is 15.0 Å². The third kappa shape index (κ3) is 1.88. The molecule has 0 unspecified atom stereocenters. The number of hydrogen-bond donors (Lipinski definition) is 4. The van der Waals surface area contributed by atoms with Crippen molar-refractivity contribution in [3.05, 3.63) is 23.0 Å². The largest absolute Gasteiger partial charge is 0.391 e. The van der Waals surface area contributed by atoms with Crippen molar-refractivity contribution in [2.75, 3.05) is 6.61 Å². The van der Waals surface area contributed by atoms with Gasteiger partial charge in [0.1, 0.15) is 24.5 Å². The lowest BCUT2D eigenvalue weighted by Crippen LogP contribution is -2.42. The van der Waals surface area contributed by atoms with Gasteiger partial charge in [-0.3, -0.25) is 9.36 Å². The maximum absolute atomic E-state index is 11.7. The summed E-state index contributed by atoms with van der Waals surface area (Å²) in [5.41, 5.74) is 5.14. The molecule has 3 rings (SSSR count). The van der Waals surface area contributed by atoms with Crippen LogP contribution in [0.15, 0.2) is 22.6 Å². The number of aromatic amines is 1. The summed E-state index contributed by atoms with van der Waals surface area (Å²) in [6.45, 7) is 1.04. The first kappa shape index (κ1) is 14.5. The lowest BCUT2D eigenvalue weighted by molar-refractivity contribution is -0.126. The van der Waals surface area contributed by atoms with Gasteiger partial charge in [0.25, 0.3) is 11.3 Å². The third-order valence-electron chi connectivity index (χ3n) is 3.82. The highest BCUT2D eigenvalue weighted by Gasteiger charge is 2.58. The number of H-pyrrole nitrogens is 1. The summed E-state index contributed by atoms with van der Waals surface area (Å²) in [6, 6.07) is 0. The molecule has 0 aliphatic carbocycles. The highest BCUT2D eigenvalue weighted by Crippen LogP contribution is 2.42. The zero-order chi connectivity index (χ0) is 15.9. The van der Waals surface area contributed by atoms with E-state index < -0.39 is 36.1 Å². The van der Waals surface area contributed by atoms with E-state index in [0.717, 1.165) is 0 Å². The van der Waals surface area contributed by atoms with Crippen molar-refractivity contribution in [1.29, 1.82) is 5.53 Å². The van der Waals surface area contributed by atoms with Gasteiger partial charge in [-0.05, 0) is 0 Å². The van der Waals surface area contributed by atoms with Crippen LogP contribution in [0.25, 0.3) is 11.2 Å². The van der Waals surface area contributed by atoms with E-state index in [1.165, 1.54) is 17.2 Å². The van der Waals surface area contributed by atoms with Crippen LogP contribution in [0, 0.1) is 11.4 Å². The molecule has 2 aromatic rings. The number of aliphatic hydroxyl groups is 2. The molecule has 3 heterocycles. The summed E-state index contributed by atoms with van der Waals surface area (Å²) in [7, 11) is 0. The molecule has 0 spiro atoms. The number of ether oxygens (including phenoxy) is 1. The quantitative estimate of drug-likeness (QED) is 0.414. The van der Waals surface area contributed by atoms with Gasteiger partial charge in [-0.25, -0.2) is 9.97 Å². The van der Waals surface area contributed by atoms with Gasteiger partial charge in [-0.2, -0.15) is 0 Å². The molecule has 0 radical (unpaired) electrons. The van der Waals surface area contributed by atoms with Crippen LogP contribution >= 0.6 is 0 Å². The summed E-state index contributed by atoms with van der Waals surface area (Å²) in [5.74, 6) is -0.504. The Bertz CT molecular complexity index is 810. The molecule has 22 heavy (non-hydrogen) atoms. The predicted molar refractivity (Wildman–Crippen MR) is 70.5 cm³/mol. The summed E-state index contributed by atoms with van der Waals surface area (Å²) >= 11 is 0. The summed E-state index contributed by atoms with van der Waals surface area (Å²) in [5, 5.41) is 23.3. The molecule has 0 aromatic carbocycles. The number of rotatable bonds is 3. The summed E-state index contributed by atoms with van der Waals surface area (Å²) < 4.78 is 7.13. The van der Waals surface area contributed by atoms with Crippen molar-refractivity contribution >= 4 is 11.2 Å². The number of hydrogen-bond acceptors (Lipinski definition) is 8. The SMILES string of the molecule is C[C@@H]1[C@H](n2cnc3c(=O)[nH]cnc32)O[C@@](CO)(N=[N+]=N)[C@H]1O. The fourth-order valence-electron chi connectivity index (χ4n) is 2.64. The fourth-order valence-corrected chi connectivity index (χ4v) is 2.64. The summed E-state index contributed by atoms with van der Waals surface area (Å²) in [6.07, 6.45) is 0.649. The Balaban J connectivity index is 2.10. The monoisotopic (exact) mass is 308 g/mol. The first-order chi connectivity index (χ1) is 10.5. The van der Waals surface area contributed by atoms with E-state index in [1.807, 2.05) is 0 Å². The maximum atomic E-state index is 11.7. The van der Waals surface area contributed by atoms with Crippen LogP contribution < -0.4 is 10.5 Å². The maximum Gasteiger partial charge on any atom is 0.293 e. The van der Waals surface area contributed by atoms with Crippen LogP contribution in [0.5, 0.6) is 0 Å². The molecule has 1 aliphatic rings. The molecule has 1 saturated heterocycles. The number of imidazole rings is 1. The zero-order valence-corrected chi connectivity index (χ0v) is 11.5. The topological polar surface area (TPSA) is 164 Å². The van der Waals surface area contributed by atoms with E-state index >= 15 is 0 Å². The Hall–Kier alpha value is -2.46. The second kappa shape index (κ2) is 5.07. The van der Waals surface area contributed by atoms with Gasteiger partial charge in [-0.15, -0.1) is 0 Å². The zero-order valence-electron chi connectivity index (χ0n) is 11.5. The Morgan fingerprint density at radius 1 is 1.64 bits per heavy atom. The van der Waals surface area contributed by atoms with Gasteiger partial charge in [0, 0.05) is 5.92 Å². The lowest BCUT2D eigenvalue weighted by atomic mass is 9.98. The van der Waals surface area contributed by atoms with Crippen LogP contribution in [0.4, 0.5) is 0 Å². The smallest absolute Gasteiger partial charge is 0.293 e. The molecule has 0 bridgehead atoms. The second-order valence-electron chi connectivity index (χ2n) is 5.07. The molecular weight excluding hydrogens is 294 g/mol. The van der Waals surface area contributed by atoms with Gasteiger partial charge >= 0.3 is 0 Å². The molecule has 116 valence electrons. The molecule has 2 aromatic heterocycles. The van der Waals surface area contributed by atoms with Gasteiger partial charge in [0.2, 0.25) is 4.91 Å². The molecule has 4 atom stereocenters. The molecule has 1 aliphatic heterocycles. The Kier molecular flexibility index (Phi) is 3.34. The molecule has 4 N–H and O–H groups in total. The first-order valence-corrected chi connectivity index (χ1v) is 6.49. The number of aliphatic hydroxyl groups excluding tert-OH is 2. The first-order valence-electron chi connectivity index (χ1n) is 6.49. The summed E-state index contributed by atoms with van der Waals surface area (Å²) in [4.78, 5) is 25.0. The van der Waals surface area contributed by atoms with E-state index in [4.69, 9.17) is 10.3 Å². The van der Waals surface area contributed by atoms with Crippen molar-refractivity contribution in [3.8, 4) is 0 Å². The fraction of sp³-hybridized carbons (Fsp3) is 0.545. The molecular formula is C11H14N7O4+. The van der Waals surface area contributed by atoms with Crippen molar-refractivity contribution < 1.29 is 14.9 Å². The van der Waals surface area contributed by atoms with Gasteiger partial charge in [0.15, 0.2) is 16.3 Å². The molecule has 11 heteroatoms. The van der Waals surface area contributed by atoms with E-state index in [0.29, 0.717) is 0 Å². The predicted octanol–water partition coefficient (Wildman–Crippen LogP) is -1.12. The Morgan fingerprint density at radius 2 is 2.41 bits per heavy atom. The highest BCUT2D eigenvalue weighted by molar-refractivity contribution is 5.68. The van der Waals surface area contributed by atoms with Crippen molar-refractivity contribution in [2.45, 2.75) is 25.0 Å². The number of fused-ring (bicyclic) bond motifs is 1. The standard InChI is InChI=1S/C11H13N7O4/c1-5-7(20)11(2-19,16-17-12)22-10(5)18-4-15-6-8(18)13-3-14-9(6)21/h3-5,7,10,12,19-20H,2H2,1H3/p+1/t5-,7-,10+,11+/m0/s1. The molecule has 0 amide bonds. The Morgan fingerprint density at radius 3 is 3.09 bits per heavy atom. The van der Waals surface area contributed by atoms with Gasteiger partial charge < -0.3 is 19.9 Å². The Labute approximate surface area is 122 Å². The van der Waals surface area contributed by atoms with E-state index in [1.54, 1.807) is 6.92 Å². The third-order valence-corrected chi connectivity index (χ3v) is 3.82. The van der Waals surface area contributed by atoms with Crippen molar-refractivity contribution in [1.82, 2.24) is 24.4 Å². The number of nitrogens with one attached hydrogen (secondary N) is 2. The van der Waals surface area contributed by atoms with Crippen LogP contribution in [0.3, 0.4) is 0 Å².